The van der Waals surface area contributed by atoms with Crippen molar-refractivity contribution in [2.24, 2.45) is 0 Å². The van der Waals surface area contributed by atoms with Crippen molar-refractivity contribution < 1.29 is 28.6 Å². The number of carbonyl (C=O) groups is 3. The van der Waals surface area contributed by atoms with Gasteiger partial charge in [-0.1, -0.05) is 298 Å². The maximum Gasteiger partial charge on any atom is 0.306 e. The van der Waals surface area contributed by atoms with Gasteiger partial charge in [-0.25, -0.2) is 0 Å². The maximum absolute atomic E-state index is 12.9. The molecule has 0 bridgehead atoms. The molecule has 0 aromatic carbocycles. The molecule has 6 nitrogen and oxygen atoms in total. The lowest BCUT2D eigenvalue weighted by Crippen LogP contribution is -2.30. The van der Waals surface area contributed by atoms with E-state index in [4.69, 9.17) is 14.2 Å². The first kappa shape index (κ1) is 74.3. The molecule has 0 aromatic heterocycles. The number of unbranched alkanes of at least 4 members (excludes halogenated alkanes) is 33. The molecule has 448 valence electrons. The molecule has 0 aromatic rings. The van der Waals surface area contributed by atoms with Crippen molar-refractivity contribution in [1.29, 1.82) is 0 Å². The largest absolute Gasteiger partial charge is 0.462 e. The topological polar surface area (TPSA) is 78.9 Å². The lowest BCUT2D eigenvalue weighted by molar-refractivity contribution is -0.167. The molecule has 0 saturated carbocycles. The minimum Gasteiger partial charge on any atom is -0.462 e. The Morgan fingerprint density at radius 3 is 0.808 bits per heavy atom. The first-order valence-electron chi connectivity index (χ1n) is 33.2. The highest BCUT2D eigenvalue weighted by molar-refractivity contribution is 5.71. The van der Waals surface area contributed by atoms with Crippen LogP contribution in [0.4, 0.5) is 0 Å². The number of ether oxygens (including phenoxy) is 3. The monoisotopic (exact) mass is 1080 g/mol. The number of hydrogen-bond donors (Lipinski definition) is 0. The first-order valence-corrected chi connectivity index (χ1v) is 33.2. The van der Waals surface area contributed by atoms with Crippen molar-refractivity contribution in [3.05, 3.63) is 97.2 Å². The van der Waals surface area contributed by atoms with Gasteiger partial charge in [-0.2, -0.15) is 0 Å². The van der Waals surface area contributed by atoms with Crippen LogP contribution in [0.1, 0.15) is 323 Å². The zero-order chi connectivity index (χ0) is 56.4. The van der Waals surface area contributed by atoms with Gasteiger partial charge in [-0.3, -0.25) is 14.4 Å². The quantitative estimate of drug-likeness (QED) is 0.0261. The van der Waals surface area contributed by atoms with Gasteiger partial charge in [0.05, 0.1) is 0 Å². The fourth-order valence-corrected chi connectivity index (χ4v) is 9.36. The first-order chi connectivity index (χ1) is 38.5. The molecule has 0 aliphatic heterocycles. The minimum atomic E-state index is -0.777. The number of esters is 3. The summed E-state index contributed by atoms with van der Waals surface area (Å²) >= 11 is 0. The zero-order valence-corrected chi connectivity index (χ0v) is 51.4. The Hall–Kier alpha value is -3.67. The van der Waals surface area contributed by atoms with E-state index in [1.54, 1.807) is 0 Å². The fourth-order valence-electron chi connectivity index (χ4n) is 9.36. The van der Waals surface area contributed by atoms with Gasteiger partial charge < -0.3 is 14.2 Å². The molecule has 1 unspecified atom stereocenters. The van der Waals surface area contributed by atoms with Crippen molar-refractivity contribution in [3.63, 3.8) is 0 Å². The molecule has 0 fully saturated rings. The van der Waals surface area contributed by atoms with Gasteiger partial charge >= 0.3 is 17.9 Å². The summed E-state index contributed by atoms with van der Waals surface area (Å²) in [6.45, 7) is 6.49. The van der Waals surface area contributed by atoms with E-state index in [1.165, 1.54) is 173 Å². The van der Waals surface area contributed by atoms with Crippen molar-refractivity contribution in [1.82, 2.24) is 0 Å². The van der Waals surface area contributed by atoms with Gasteiger partial charge in [0.15, 0.2) is 6.10 Å². The molecule has 0 aliphatic rings. The van der Waals surface area contributed by atoms with Crippen LogP contribution in [-0.2, 0) is 28.6 Å². The highest BCUT2D eigenvalue weighted by Crippen LogP contribution is 2.17. The lowest BCUT2D eigenvalue weighted by Gasteiger charge is -2.18. The van der Waals surface area contributed by atoms with Crippen molar-refractivity contribution in [3.8, 4) is 0 Å². The van der Waals surface area contributed by atoms with E-state index in [0.29, 0.717) is 19.3 Å². The average molecular weight is 1090 g/mol. The molecule has 0 amide bonds. The minimum absolute atomic E-state index is 0.0763. The van der Waals surface area contributed by atoms with Crippen LogP contribution < -0.4 is 0 Å². The molecule has 78 heavy (non-hydrogen) atoms. The Balaban J connectivity index is 4.05. The summed E-state index contributed by atoms with van der Waals surface area (Å²) in [6, 6.07) is 0. The Kier molecular flexibility index (Phi) is 62.7. The molecule has 0 spiro atoms. The fraction of sp³-hybridized carbons (Fsp3) is 0.736. The summed E-state index contributed by atoms with van der Waals surface area (Å²) in [4.78, 5) is 38.1. The molecular weight excluding hydrogens is 961 g/mol. The summed E-state index contributed by atoms with van der Waals surface area (Å²) in [5.41, 5.74) is 0. The molecule has 0 heterocycles. The average Bonchev–Trinajstić information content (AvgIpc) is 3.44. The molecule has 0 N–H and O–H groups in total. The Morgan fingerprint density at radius 1 is 0.269 bits per heavy atom. The van der Waals surface area contributed by atoms with Crippen LogP contribution in [-0.4, -0.2) is 37.2 Å². The second kappa shape index (κ2) is 65.8. The number of hydrogen-bond acceptors (Lipinski definition) is 6. The van der Waals surface area contributed by atoms with E-state index in [0.717, 1.165) is 109 Å². The van der Waals surface area contributed by atoms with E-state index in [2.05, 4.69) is 118 Å². The van der Waals surface area contributed by atoms with E-state index in [1.807, 2.05) is 0 Å². The second-order valence-electron chi connectivity index (χ2n) is 22.0. The smallest absolute Gasteiger partial charge is 0.306 e. The van der Waals surface area contributed by atoms with Crippen LogP contribution in [0.3, 0.4) is 0 Å². The summed E-state index contributed by atoms with van der Waals surface area (Å²) < 4.78 is 16.9. The molecule has 0 rings (SSSR count). The SMILES string of the molecule is CC/C=C\C/C=C\C/C=C\C/C=C\C/C=C\C/C=C\CCCCCCCCCCCCCCCCCCC(=O)OCC(COC(=O)CCCCCCCCCC)OC(=O)CCCCCCCCC/C=C\C/C=C\CCCCC. The molecule has 0 saturated heterocycles. The van der Waals surface area contributed by atoms with Crippen LogP contribution in [0.25, 0.3) is 0 Å². The summed E-state index contributed by atoms with van der Waals surface area (Å²) in [6.07, 6.45) is 88.7. The molecule has 1 atom stereocenters. The van der Waals surface area contributed by atoms with E-state index in [9.17, 15) is 14.4 Å². The second-order valence-corrected chi connectivity index (χ2v) is 22.0. The zero-order valence-electron chi connectivity index (χ0n) is 51.4. The van der Waals surface area contributed by atoms with Crippen molar-refractivity contribution in [2.45, 2.75) is 329 Å². The van der Waals surface area contributed by atoms with E-state index in [-0.39, 0.29) is 31.1 Å². The Labute approximate surface area is 483 Å². The van der Waals surface area contributed by atoms with E-state index >= 15 is 0 Å². The lowest BCUT2D eigenvalue weighted by atomic mass is 10.0. The third-order valence-electron chi connectivity index (χ3n) is 14.3. The van der Waals surface area contributed by atoms with Crippen LogP contribution >= 0.6 is 0 Å². The van der Waals surface area contributed by atoms with Crippen LogP contribution in [0.5, 0.6) is 0 Å². The highest BCUT2D eigenvalue weighted by Gasteiger charge is 2.19. The van der Waals surface area contributed by atoms with E-state index < -0.39 is 6.10 Å². The Bertz CT molecular complexity index is 1530. The van der Waals surface area contributed by atoms with Crippen molar-refractivity contribution in [2.75, 3.05) is 13.2 Å². The predicted molar refractivity (Wildman–Crippen MR) is 339 cm³/mol. The summed E-state index contributed by atoms with van der Waals surface area (Å²) in [5.74, 6) is -0.877. The third kappa shape index (κ3) is 63.2. The maximum atomic E-state index is 12.9. The van der Waals surface area contributed by atoms with Gasteiger partial charge in [-0.05, 0) is 103 Å². The van der Waals surface area contributed by atoms with Gasteiger partial charge in [0.2, 0.25) is 0 Å². The number of carbonyl (C=O) groups excluding carboxylic acids is 3. The Morgan fingerprint density at radius 2 is 0.500 bits per heavy atom. The molecular formula is C72H124O6. The number of allylic oxidation sites excluding steroid dienone is 16. The number of rotatable bonds is 60. The van der Waals surface area contributed by atoms with Crippen LogP contribution in [0.2, 0.25) is 0 Å². The molecule has 0 radical (unpaired) electrons. The predicted octanol–water partition coefficient (Wildman–Crippen LogP) is 22.8. The summed E-state index contributed by atoms with van der Waals surface area (Å²) in [7, 11) is 0. The van der Waals surface area contributed by atoms with Gasteiger partial charge in [0.25, 0.3) is 0 Å². The molecule has 6 heteroatoms. The van der Waals surface area contributed by atoms with Crippen LogP contribution in [0.15, 0.2) is 97.2 Å². The summed E-state index contributed by atoms with van der Waals surface area (Å²) in [5, 5.41) is 0. The van der Waals surface area contributed by atoms with Crippen molar-refractivity contribution >= 4 is 17.9 Å². The molecule has 0 aliphatic carbocycles. The van der Waals surface area contributed by atoms with Gasteiger partial charge in [-0.15, -0.1) is 0 Å². The standard InChI is InChI=1S/C72H124O6/c1-4-7-10-13-16-19-21-23-25-27-28-29-30-31-32-33-34-35-36-37-38-39-40-41-42-43-44-46-47-49-51-53-56-59-62-65-71(74)77-68-69(67-76-70(73)64-61-58-55-18-15-12-9-6-3)78-72(75)66-63-60-57-54-52-50-48-45-26-24-22-20-17-14-11-8-5-2/h7,10,16-17,19-20,23-26,28-29,31-32,34-35,69H,4-6,8-9,11-15,18,21-22,27,30,33,36-68H2,1-3H3/b10-7-,19-16-,20-17-,25-23-,26-24-,29-28-,32-31-,35-34-. The van der Waals surface area contributed by atoms with Crippen LogP contribution in [0, 0.1) is 0 Å². The highest BCUT2D eigenvalue weighted by atomic mass is 16.6. The normalized spacial score (nSPS) is 12.7. The van der Waals surface area contributed by atoms with Gasteiger partial charge in [0, 0.05) is 19.3 Å². The van der Waals surface area contributed by atoms with Gasteiger partial charge in [0.1, 0.15) is 13.2 Å². The third-order valence-corrected chi connectivity index (χ3v) is 14.3.